The number of hydrogen-bond donors (Lipinski definition) is 1. The predicted molar refractivity (Wildman–Crippen MR) is 115 cm³/mol. The van der Waals surface area contributed by atoms with Gasteiger partial charge in [0.05, 0.1) is 4.88 Å². The van der Waals surface area contributed by atoms with Crippen LogP contribution in [-0.4, -0.2) is 5.91 Å². The first-order chi connectivity index (χ1) is 14.2. The van der Waals surface area contributed by atoms with Crippen molar-refractivity contribution in [2.45, 2.75) is 6.61 Å². The summed E-state index contributed by atoms with van der Waals surface area (Å²) in [5.41, 5.74) is 3.83. The third-order valence-electron chi connectivity index (χ3n) is 4.33. The van der Waals surface area contributed by atoms with E-state index in [1.807, 2.05) is 60.0 Å². The number of amides is 1. The minimum Gasteiger partial charge on any atom is -0.489 e. The molecule has 0 aliphatic heterocycles. The van der Waals surface area contributed by atoms with Crippen LogP contribution >= 0.6 is 11.3 Å². The van der Waals surface area contributed by atoms with Gasteiger partial charge in [-0.1, -0.05) is 48.5 Å². The summed E-state index contributed by atoms with van der Waals surface area (Å²) in [6, 6.07) is 25.6. The molecule has 1 aromatic heterocycles. The van der Waals surface area contributed by atoms with E-state index in [1.165, 1.54) is 23.5 Å². The monoisotopic (exact) mass is 403 g/mol. The van der Waals surface area contributed by atoms with Crippen LogP contribution in [0.5, 0.6) is 5.75 Å². The second-order valence-corrected chi connectivity index (χ2v) is 7.37. The highest BCUT2D eigenvalue weighted by atomic mass is 32.1. The Morgan fingerprint density at radius 2 is 1.66 bits per heavy atom. The van der Waals surface area contributed by atoms with Gasteiger partial charge in [-0.2, -0.15) is 0 Å². The highest BCUT2D eigenvalue weighted by Crippen LogP contribution is 2.23. The van der Waals surface area contributed by atoms with E-state index < -0.39 is 0 Å². The van der Waals surface area contributed by atoms with Crippen molar-refractivity contribution >= 4 is 22.9 Å². The molecular weight excluding hydrogens is 385 g/mol. The van der Waals surface area contributed by atoms with E-state index in [0.717, 1.165) is 22.4 Å². The summed E-state index contributed by atoms with van der Waals surface area (Å²) in [4.78, 5) is 13.1. The van der Waals surface area contributed by atoms with Gasteiger partial charge >= 0.3 is 0 Å². The topological polar surface area (TPSA) is 38.3 Å². The number of anilines is 1. The smallest absolute Gasteiger partial charge is 0.265 e. The lowest BCUT2D eigenvalue weighted by Crippen LogP contribution is -2.10. The van der Waals surface area contributed by atoms with Gasteiger partial charge in [0, 0.05) is 17.3 Å². The third kappa shape index (κ3) is 4.89. The highest BCUT2D eigenvalue weighted by molar-refractivity contribution is 7.12. The van der Waals surface area contributed by atoms with Crippen LogP contribution in [0.4, 0.5) is 10.1 Å². The van der Waals surface area contributed by atoms with E-state index in [1.54, 1.807) is 18.2 Å². The zero-order valence-corrected chi connectivity index (χ0v) is 16.3. The van der Waals surface area contributed by atoms with Crippen molar-refractivity contribution in [2.75, 3.05) is 5.32 Å². The van der Waals surface area contributed by atoms with Crippen molar-refractivity contribution in [1.82, 2.24) is 0 Å². The minimum atomic E-state index is -0.342. The number of ether oxygens (including phenoxy) is 1. The van der Waals surface area contributed by atoms with Crippen molar-refractivity contribution in [3.8, 4) is 16.9 Å². The largest absolute Gasteiger partial charge is 0.489 e. The fourth-order valence-corrected chi connectivity index (χ4v) is 3.66. The Morgan fingerprint density at radius 1 is 0.897 bits per heavy atom. The molecule has 0 radical (unpaired) electrons. The lowest BCUT2D eigenvalue weighted by Gasteiger charge is -2.06. The maximum Gasteiger partial charge on any atom is 0.265 e. The summed E-state index contributed by atoms with van der Waals surface area (Å²) < 4.78 is 18.8. The van der Waals surface area contributed by atoms with E-state index >= 15 is 0 Å². The lowest BCUT2D eigenvalue weighted by atomic mass is 10.1. The Bertz CT molecular complexity index is 1110. The lowest BCUT2D eigenvalue weighted by molar-refractivity contribution is 0.103. The van der Waals surface area contributed by atoms with Gasteiger partial charge in [-0.3, -0.25) is 4.79 Å². The van der Waals surface area contributed by atoms with Crippen molar-refractivity contribution in [3.05, 3.63) is 107 Å². The Kier molecular flexibility index (Phi) is 5.68. The van der Waals surface area contributed by atoms with Crippen LogP contribution < -0.4 is 10.1 Å². The molecule has 3 nitrogen and oxygen atoms in total. The Labute approximate surface area is 172 Å². The molecule has 0 aliphatic carbocycles. The van der Waals surface area contributed by atoms with E-state index in [-0.39, 0.29) is 18.3 Å². The summed E-state index contributed by atoms with van der Waals surface area (Å²) in [6.45, 7) is 0.277. The van der Waals surface area contributed by atoms with Crippen molar-refractivity contribution in [3.63, 3.8) is 0 Å². The molecule has 0 bridgehead atoms. The number of thiophene rings is 1. The zero-order chi connectivity index (χ0) is 20.1. The zero-order valence-electron chi connectivity index (χ0n) is 15.5. The molecular formula is C24H18FNO2S. The first kappa shape index (κ1) is 18.9. The second kappa shape index (κ2) is 8.71. The molecule has 1 amide bonds. The van der Waals surface area contributed by atoms with Crippen LogP contribution in [0, 0.1) is 5.82 Å². The third-order valence-corrected chi connectivity index (χ3v) is 5.31. The number of halogens is 1. The molecule has 1 heterocycles. The van der Waals surface area contributed by atoms with Crippen LogP contribution in [-0.2, 0) is 6.61 Å². The molecule has 0 saturated heterocycles. The van der Waals surface area contributed by atoms with Gasteiger partial charge in [0.15, 0.2) is 0 Å². The Balaban J connectivity index is 1.36. The molecule has 0 saturated carbocycles. The quantitative estimate of drug-likeness (QED) is 0.405. The van der Waals surface area contributed by atoms with Crippen molar-refractivity contribution in [2.24, 2.45) is 0 Å². The van der Waals surface area contributed by atoms with Gasteiger partial charge in [0.25, 0.3) is 5.91 Å². The molecule has 0 unspecified atom stereocenters. The molecule has 29 heavy (non-hydrogen) atoms. The molecule has 4 rings (SSSR count). The predicted octanol–water partition coefficient (Wildman–Crippen LogP) is 6.39. The molecule has 0 atom stereocenters. The van der Waals surface area contributed by atoms with Crippen molar-refractivity contribution in [1.29, 1.82) is 0 Å². The van der Waals surface area contributed by atoms with Gasteiger partial charge in [-0.05, 0) is 46.8 Å². The highest BCUT2D eigenvalue weighted by Gasteiger charge is 2.10. The van der Waals surface area contributed by atoms with Crippen LogP contribution in [0.2, 0.25) is 0 Å². The van der Waals surface area contributed by atoms with Crippen LogP contribution in [0.15, 0.2) is 90.3 Å². The first-order valence-electron chi connectivity index (χ1n) is 9.10. The number of benzene rings is 3. The number of hydrogen-bond acceptors (Lipinski definition) is 3. The van der Waals surface area contributed by atoms with Gasteiger partial charge in [-0.25, -0.2) is 4.39 Å². The molecule has 3 aromatic carbocycles. The average Bonchev–Trinajstić information content (AvgIpc) is 3.23. The summed E-state index contributed by atoms with van der Waals surface area (Å²) in [7, 11) is 0. The molecule has 144 valence electrons. The molecule has 5 heteroatoms. The van der Waals surface area contributed by atoms with Crippen LogP contribution in [0.1, 0.15) is 15.2 Å². The van der Waals surface area contributed by atoms with Crippen LogP contribution in [0.25, 0.3) is 11.1 Å². The number of carbonyl (C=O) groups is 1. The van der Waals surface area contributed by atoms with Crippen molar-refractivity contribution < 1.29 is 13.9 Å². The minimum absolute atomic E-state index is 0.167. The van der Waals surface area contributed by atoms with Gasteiger partial charge in [0.1, 0.15) is 18.2 Å². The van der Waals surface area contributed by atoms with E-state index in [0.29, 0.717) is 10.6 Å². The summed E-state index contributed by atoms with van der Waals surface area (Å²) in [5.74, 6) is -0.0497. The number of rotatable bonds is 6. The van der Waals surface area contributed by atoms with Gasteiger partial charge < -0.3 is 10.1 Å². The average molecular weight is 403 g/mol. The maximum atomic E-state index is 13.2. The standard InChI is InChI=1S/C24H18FNO2S/c25-20-7-4-8-22(14-20)28-15-17-13-23(29-16-17)24(27)26-21-11-9-19(10-12-21)18-5-2-1-3-6-18/h1-14,16H,15H2,(H,26,27). The van der Waals surface area contributed by atoms with Crippen LogP contribution in [0.3, 0.4) is 0 Å². The Morgan fingerprint density at radius 3 is 2.41 bits per heavy atom. The normalized spacial score (nSPS) is 10.5. The number of nitrogens with one attached hydrogen (secondary N) is 1. The first-order valence-corrected chi connectivity index (χ1v) is 9.98. The SMILES string of the molecule is O=C(Nc1ccc(-c2ccccc2)cc1)c1cc(COc2cccc(F)c2)cs1. The number of carbonyl (C=O) groups excluding carboxylic acids is 1. The summed E-state index contributed by atoms with van der Waals surface area (Å²) in [6.07, 6.45) is 0. The summed E-state index contributed by atoms with van der Waals surface area (Å²) in [5, 5.41) is 4.78. The maximum absolute atomic E-state index is 13.2. The molecule has 0 fully saturated rings. The fraction of sp³-hybridized carbons (Fsp3) is 0.0417. The van der Waals surface area contributed by atoms with E-state index in [4.69, 9.17) is 4.74 Å². The van der Waals surface area contributed by atoms with E-state index in [9.17, 15) is 9.18 Å². The molecule has 4 aromatic rings. The second-order valence-electron chi connectivity index (χ2n) is 6.46. The molecule has 0 spiro atoms. The molecule has 1 N–H and O–H groups in total. The van der Waals surface area contributed by atoms with E-state index in [2.05, 4.69) is 5.32 Å². The Hall–Kier alpha value is -3.44. The molecule has 0 aliphatic rings. The fourth-order valence-electron chi connectivity index (χ4n) is 2.86. The summed E-state index contributed by atoms with van der Waals surface area (Å²) >= 11 is 1.35. The van der Waals surface area contributed by atoms with Gasteiger partial charge in [-0.15, -0.1) is 11.3 Å². The van der Waals surface area contributed by atoms with Gasteiger partial charge in [0.2, 0.25) is 0 Å².